The molecule has 3 aromatic carbocycles. The molecule has 0 spiro atoms. The van der Waals surface area contributed by atoms with Crippen molar-refractivity contribution in [1.82, 2.24) is 10.1 Å². The molecule has 0 saturated carbocycles. The Hall–Kier alpha value is -4.19. The molecule has 0 unspecified atom stereocenters. The number of halogens is 1. The van der Waals surface area contributed by atoms with Gasteiger partial charge in [0.2, 0.25) is 0 Å². The molecule has 0 fully saturated rings. The molecule has 5 nitrogen and oxygen atoms in total. The van der Waals surface area contributed by atoms with Gasteiger partial charge in [-0.1, -0.05) is 47.6 Å². The summed E-state index contributed by atoms with van der Waals surface area (Å²) in [6.45, 7) is 0.889. The van der Waals surface area contributed by atoms with Gasteiger partial charge in [-0.15, -0.1) is 0 Å². The Morgan fingerprint density at radius 2 is 1.76 bits per heavy atom. The summed E-state index contributed by atoms with van der Waals surface area (Å²) in [5, 5.41) is 4.23. The summed E-state index contributed by atoms with van der Waals surface area (Å²) >= 11 is 0. The SMILES string of the molecule is COc1ccc(/C=C(/C(=O)N2CCc3c(noc3-c3ccc(F)cc3)C2)c2ccccc2)cc1. The maximum Gasteiger partial charge on any atom is 0.254 e. The average Bonchev–Trinajstić information content (AvgIpc) is 3.31. The maximum atomic E-state index is 13.7. The lowest BCUT2D eigenvalue weighted by molar-refractivity contribution is -0.125. The average molecular weight is 455 g/mol. The monoisotopic (exact) mass is 454 g/mol. The van der Waals surface area contributed by atoms with Crippen LogP contribution in [0.1, 0.15) is 22.4 Å². The molecule has 5 rings (SSSR count). The third-order valence-electron chi connectivity index (χ3n) is 5.98. The first-order valence-electron chi connectivity index (χ1n) is 11.1. The third-order valence-corrected chi connectivity index (χ3v) is 5.98. The number of benzene rings is 3. The van der Waals surface area contributed by atoms with Gasteiger partial charge in [-0.2, -0.15) is 0 Å². The van der Waals surface area contributed by atoms with Gasteiger partial charge in [-0.05, 0) is 60.0 Å². The zero-order chi connectivity index (χ0) is 23.5. The second-order valence-corrected chi connectivity index (χ2v) is 8.12. The van der Waals surface area contributed by atoms with Crippen LogP contribution in [0.15, 0.2) is 83.4 Å². The van der Waals surface area contributed by atoms with E-state index in [4.69, 9.17) is 9.26 Å². The van der Waals surface area contributed by atoms with Crippen molar-refractivity contribution >= 4 is 17.6 Å². The van der Waals surface area contributed by atoms with Crippen molar-refractivity contribution in [3.63, 3.8) is 0 Å². The van der Waals surface area contributed by atoms with Gasteiger partial charge in [0, 0.05) is 23.2 Å². The molecule has 0 aliphatic carbocycles. The molecular formula is C28H23FN2O3. The number of ether oxygens (including phenoxy) is 1. The summed E-state index contributed by atoms with van der Waals surface area (Å²) in [6.07, 6.45) is 2.52. The number of carbonyl (C=O) groups excluding carboxylic acids is 1. The number of rotatable bonds is 5. The first-order valence-corrected chi connectivity index (χ1v) is 11.1. The van der Waals surface area contributed by atoms with Gasteiger partial charge < -0.3 is 14.2 Å². The van der Waals surface area contributed by atoms with Crippen molar-refractivity contribution in [2.75, 3.05) is 13.7 Å². The summed E-state index contributed by atoms with van der Waals surface area (Å²) in [4.78, 5) is 15.5. The number of amides is 1. The summed E-state index contributed by atoms with van der Waals surface area (Å²) in [5.74, 6) is 1.03. The first-order chi connectivity index (χ1) is 16.6. The highest BCUT2D eigenvalue weighted by Crippen LogP contribution is 2.32. The zero-order valence-corrected chi connectivity index (χ0v) is 18.7. The quantitative estimate of drug-likeness (QED) is 0.290. The Balaban J connectivity index is 1.44. The third kappa shape index (κ3) is 4.35. The summed E-state index contributed by atoms with van der Waals surface area (Å²) in [6, 6.07) is 23.4. The van der Waals surface area contributed by atoms with Crippen molar-refractivity contribution in [3.05, 3.63) is 107 Å². The molecule has 1 aliphatic heterocycles. The van der Waals surface area contributed by atoms with Gasteiger partial charge in [-0.3, -0.25) is 4.79 Å². The van der Waals surface area contributed by atoms with Gasteiger partial charge in [0.15, 0.2) is 5.76 Å². The summed E-state index contributed by atoms with van der Waals surface area (Å²) < 4.78 is 24.2. The van der Waals surface area contributed by atoms with E-state index >= 15 is 0 Å². The molecule has 0 atom stereocenters. The van der Waals surface area contributed by atoms with E-state index in [9.17, 15) is 9.18 Å². The number of hydrogen-bond acceptors (Lipinski definition) is 4. The molecular weight excluding hydrogens is 431 g/mol. The zero-order valence-electron chi connectivity index (χ0n) is 18.7. The largest absolute Gasteiger partial charge is 0.497 e. The lowest BCUT2D eigenvalue weighted by Crippen LogP contribution is -2.36. The van der Waals surface area contributed by atoms with Crippen LogP contribution in [-0.4, -0.2) is 29.6 Å². The normalized spacial score (nSPS) is 13.5. The van der Waals surface area contributed by atoms with E-state index in [-0.39, 0.29) is 11.7 Å². The molecule has 1 aliphatic rings. The van der Waals surface area contributed by atoms with Crippen LogP contribution in [0.5, 0.6) is 5.75 Å². The Bertz CT molecular complexity index is 1330. The van der Waals surface area contributed by atoms with E-state index in [1.165, 1.54) is 12.1 Å². The number of hydrogen-bond donors (Lipinski definition) is 0. The van der Waals surface area contributed by atoms with Crippen molar-refractivity contribution in [3.8, 4) is 17.1 Å². The van der Waals surface area contributed by atoms with Crippen molar-refractivity contribution in [1.29, 1.82) is 0 Å². The van der Waals surface area contributed by atoms with Crippen LogP contribution < -0.4 is 4.74 Å². The van der Waals surface area contributed by atoms with E-state index in [0.29, 0.717) is 30.8 Å². The van der Waals surface area contributed by atoms with Gasteiger partial charge in [-0.25, -0.2) is 4.39 Å². The number of fused-ring (bicyclic) bond motifs is 1. The smallest absolute Gasteiger partial charge is 0.254 e. The number of methoxy groups -OCH3 is 1. The Morgan fingerprint density at radius 3 is 2.47 bits per heavy atom. The molecule has 2 heterocycles. The van der Waals surface area contributed by atoms with E-state index in [0.717, 1.165) is 33.7 Å². The number of carbonyl (C=O) groups is 1. The number of aromatic nitrogens is 1. The van der Waals surface area contributed by atoms with Crippen molar-refractivity contribution in [2.24, 2.45) is 0 Å². The van der Waals surface area contributed by atoms with Crippen LogP contribution in [-0.2, 0) is 17.8 Å². The van der Waals surface area contributed by atoms with Crippen LogP contribution in [0.25, 0.3) is 23.0 Å². The van der Waals surface area contributed by atoms with Crippen LogP contribution in [0.4, 0.5) is 4.39 Å². The van der Waals surface area contributed by atoms with Gasteiger partial charge in [0.1, 0.15) is 17.3 Å². The minimum atomic E-state index is -0.300. The molecule has 34 heavy (non-hydrogen) atoms. The van der Waals surface area contributed by atoms with E-state index in [1.807, 2.05) is 60.7 Å². The standard InChI is InChI=1S/C28H23FN2O3/c1-33-23-13-7-19(8-14-23)17-25(20-5-3-2-4-6-20)28(32)31-16-15-24-26(18-31)30-34-27(24)21-9-11-22(29)12-10-21/h2-14,17H,15-16,18H2,1H3/b25-17+. The molecule has 0 radical (unpaired) electrons. The summed E-state index contributed by atoms with van der Waals surface area (Å²) in [5.41, 5.74) is 4.84. The van der Waals surface area contributed by atoms with Gasteiger partial charge in [0.05, 0.1) is 13.7 Å². The van der Waals surface area contributed by atoms with Crippen LogP contribution in [0.2, 0.25) is 0 Å². The molecule has 0 N–H and O–H groups in total. The maximum absolute atomic E-state index is 13.7. The highest BCUT2D eigenvalue weighted by molar-refractivity contribution is 6.24. The Labute approximate surface area is 197 Å². The van der Waals surface area contributed by atoms with Gasteiger partial charge in [0.25, 0.3) is 5.91 Å². The van der Waals surface area contributed by atoms with E-state index in [2.05, 4.69) is 5.16 Å². The lowest BCUT2D eigenvalue weighted by Gasteiger charge is -2.27. The van der Waals surface area contributed by atoms with E-state index < -0.39 is 0 Å². The summed E-state index contributed by atoms with van der Waals surface area (Å²) in [7, 11) is 1.62. The lowest BCUT2D eigenvalue weighted by atomic mass is 9.97. The fourth-order valence-corrected chi connectivity index (χ4v) is 4.16. The second-order valence-electron chi connectivity index (χ2n) is 8.12. The van der Waals surface area contributed by atoms with Crippen LogP contribution >= 0.6 is 0 Å². The molecule has 170 valence electrons. The predicted molar refractivity (Wildman–Crippen MR) is 128 cm³/mol. The minimum Gasteiger partial charge on any atom is -0.497 e. The fourth-order valence-electron chi connectivity index (χ4n) is 4.16. The molecule has 0 saturated heterocycles. The predicted octanol–water partition coefficient (Wildman–Crippen LogP) is 5.61. The van der Waals surface area contributed by atoms with Crippen LogP contribution in [0, 0.1) is 5.82 Å². The highest BCUT2D eigenvalue weighted by Gasteiger charge is 2.29. The van der Waals surface area contributed by atoms with Crippen molar-refractivity contribution < 1.29 is 18.4 Å². The molecule has 1 aromatic heterocycles. The van der Waals surface area contributed by atoms with E-state index in [1.54, 1.807) is 24.1 Å². The Kier molecular flexibility index (Phi) is 5.95. The highest BCUT2D eigenvalue weighted by atomic mass is 19.1. The molecule has 0 bridgehead atoms. The molecule has 1 amide bonds. The molecule has 6 heteroatoms. The number of nitrogens with zero attached hydrogens (tertiary/aromatic N) is 2. The van der Waals surface area contributed by atoms with Crippen LogP contribution in [0.3, 0.4) is 0 Å². The topological polar surface area (TPSA) is 55.6 Å². The van der Waals surface area contributed by atoms with Crippen molar-refractivity contribution in [2.45, 2.75) is 13.0 Å². The van der Waals surface area contributed by atoms with Gasteiger partial charge >= 0.3 is 0 Å². The fraction of sp³-hybridized carbons (Fsp3) is 0.143. The minimum absolute atomic E-state index is 0.0704. The first kappa shape index (κ1) is 21.6. The second kappa shape index (κ2) is 9.35. The molecule has 4 aromatic rings. The Morgan fingerprint density at radius 1 is 1.03 bits per heavy atom.